The van der Waals surface area contributed by atoms with Crippen LogP contribution in [0.4, 0.5) is 0 Å². The Bertz CT molecular complexity index is 591. The molecule has 1 aromatic heterocycles. The molecule has 2 aromatic rings. The van der Waals surface area contributed by atoms with Gasteiger partial charge < -0.3 is 10.1 Å². The highest BCUT2D eigenvalue weighted by Crippen LogP contribution is 2.34. The minimum absolute atomic E-state index is 0.139. The second-order valence-electron chi connectivity index (χ2n) is 4.82. The number of hydrogen-bond acceptors (Lipinski definition) is 4. The molecule has 20 heavy (non-hydrogen) atoms. The number of esters is 1. The Balaban J connectivity index is 1.99. The molecule has 1 N–H and O–H groups in total. The molecule has 2 rings (SSSR count). The Labute approximate surface area is 123 Å². The van der Waals surface area contributed by atoms with Crippen LogP contribution in [0.3, 0.4) is 0 Å². The van der Waals surface area contributed by atoms with Gasteiger partial charge in [0, 0.05) is 22.2 Å². The highest BCUT2D eigenvalue weighted by molar-refractivity contribution is 7.19. The van der Waals surface area contributed by atoms with E-state index in [1.165, 1.54) is 20.5 Å². The third-order valence-electron chi connectivity index (χ3n) is 3.36. The SMILES string of the molecule is CCOC(=O)CCNC(C)c1sc2ccccc2c1C. The summed E-state index contributed by atoms with van der Waals surface area (Å²) in [5.41, 5.74) is 1.33. The van der Waals surface area contributed by atoms with Crippen LogP contribution in [0.1, 0.15) is 36.8 Å². The summed E-state index contributed by atoms with van der Waals surface area (Å²) < 4.78 is 6.24. The van der Waals surface area contributed by atoms with Gasteiger partial charge in [-0.2, -0.15) is 0 Å². The lowest BCUT2D eigenvalue weighted by molar-refractivity contribution is -0.142. The predicted molar refractivity (Wildman–Crippen MR) is 84.2 cm³/mol. The van der Waals surface area contributed by atoms with Crippen LogP contribution >= 0.6 is 11.3 Å². The van der Waals surface area contributed by atoms with E-state index < -0.39 is 0 Å². The van der Waals surface area contributed by atoms with Crippen LogP contribution in [0.5, 0.6) is 0 Å². The molecule has 0 saturated heterocycles. The monoisotopic (exact) mass is 291 g/mol. The first-order valence-electron chi connectivity index (χ1n) is 7.00. The van der Waals surface area contributed by atoms with Gasteiger partial charge in [-0.3, -0.25) is 4.79 Å². The van der Waals surface area contributed by atoms with Crippen LogP contribution in [0.25, 0.3) is 10.1 Å². The minimum atomic E-state index is -0.139. The molecule has 0 saturated carbocycles. The molecule has 0 radical (unpaired) electrons. The molecule has 1 atom stereocenters. The summed E-state index contributed by atoms with van der Waals surface area (Å²) in [6.45, 7) is 7.23. The fourth-order valence-corrected chi connectivity index (χ4v) is 3.56. The van der Waals surface area contributed by atoms with Gasteiger partial charge in [0.15, 0.2) is 0 Å². The number of carbonyl (C=O) groups excluding carboxylic acids is 1. The van der Waals surface area contributed by atoms with E-state index in [1.807, 2.05) is 18.3 Å². The van der Waals surface area contributed by atoms with Gasteiger partial charge in [-0.25, -0.2) is 0 Å². The zero-order valence-corrected chi connectivity index (χ0v) is 13.0. The molecule has 1 heterocycles. The zero-order valence-electron chi connectivity index (χ0n) is 12.2. The molecule has 0 bridgehead atoms. The first kappa shape index (κ1) is 15.0. The van der Waals surface area contributed by atoms with Crippen LogP contribution in [0, 0.1) is 6.92 Å². The van der Waals surface area contributed by atoms with Crippen molar-refractivity contribution in [1.82, 2.24) is 5.32 Å². The largest absolute Gasteiger partial charge is 0.466 e. The minimum Gasteiger partial charge on any atom is -0.466 e. The van der Waals surface area contributed by atoms with Gasteiger partial charge in [0.1, 0.15) is 0 Å². The lowest BCUT2D eigenvalue weighted by Gasteiger charge is -2.13. The average Bonchev–Trinajstić information content (AvgIpc) is 2.77. The summed E-state index contributed by atoms with van der Waals surface area (Å²) in [7, 11) is 0. The predicted octanol–water partition coefficient (Wildman–Crippen LogP) is 3.81. The van der Waals surface area contributed by atoms with E-state index in [1.54, 1.807) is 0 Å². The van der Waals surface area contributed by atoms with Crippen molar-refractivity contribution in [1.29, 1.82) is 0 Å². The molecule has 108 valence electrons. The molecule has 0 aliphatic heterocycles. The zero-order chi connectivity index (χ0) is 14.5. The summed E-state index contributed by atoms with van der Waals surface area (Å²) in [4.78, 5) is 12.7. The molecule has 1 unspecified atom stereocenters. The Morgan fingerprint density at radius 1 is 1.40 bits per heavy atom. The topological polar surface area (TPSA) is 38.3 Å². The van der Waals surface area contributed by atoms with E-state index in [-0.39, 0.29) is 12.0 Å². The Hall–Kier alpha value is -1.39. The summed E-state index contributed by atoms with van der Waals surface area (Å²) in [6, 6.07) is 8.71. The molecule has 3 nitrogen and oxygen atoms in total. The van der Waals surface area contributed by atoms with E-state index in [0.29, 0.717) is 19.6 Å². The van der Waals surface area contributed by atoms with Crippen molar-refractivity contribution >= 4 is 27.4 Å². The van der Waals surface area contributed by atoms with Crippen LogP contribution in [-0.4, -0.2) is 19.1 Å². The fraction of sp³-hybridized carbons (Fsp3) is 0.438. The summed E-state index contributed by atoms with van der Waals surface area (Å²) in [6.07, 6.45) is 0.419. The summed E-state index contributed by atoms with van der Waals surface area (Å²) in [5.74, 6) is -0.139. The van der Waals surface area contributed by atoms with E-state index in [9.17, 15) is 4.79 Å². The van der Waals surface area contributed by atoms with Gasteiger partial charge >= 0.3 is 5.97 Å². The van der Waals surface area contributed by atoms with E-state index >= 15 is 0 Å². The maximum absolute atomic E-state index is 11.3. The molecular formula is C16H21NO2S. The van der Waals surface area contributed by atoms with E-state index in [0.717, 1.165) is 0 Å². The lowest BCUT2D eigenvalue weighted by Crippen LogP contribution is -2.22. The fourth-order valence-electron chi connectivity index (χ4n) is 2.32. The molecule has 0 fully saturated rings. The maximum Gasteiger partial charge on any atom is 0.307 e. The number of ether oxygens (including phenoxy) is 1. The Morgan fingerprint density at radius 3 is 2.85 bits per heavy atom. The van der Waals surface area contributed by atoms with Crippen LogP contribution in [-0.2, 0) is 9.53 Å². The maximum atomic E-state index is 11.3. The van der Waals surface area contributed by atoms with Gasteiger partial charge in [-0.15, -0.1) is 11.3 Å². The summed E-state index contributed by atoms with van der Waals surface area (Å²) in [5, 5.41) is 4.73. The van der Waals surface area contributed by atoms with Crippen LogP contribution < -0.4 is 5.32 Å². The van der Waals surface area contributed by atoms with Crippen LogP contribution in [0.15, 0.2) is 24.3 Å². The standard InChI is InChI=1S/C16H21NO2S/c1-4-19-15(18)9-10-17-12(3)16-11(2)13-7-5-6-8-14(13)20-16/h5-8,12,17H,4,9-10H2,1-3H3. The lowest BCUT2D eigenvalue weighted by atomic mass is 10.1. The number of benzene rings is 1. The number of hydrogen-bond donors (Lipinski definition) is 1. The molecule has 0 aliphatic carbocycles. The van der Waals surface area contributed by atoms with E-state index in [4.69, 9.17) is 4.74 Å². The van der Waals surface area contributed by atoms with Crippen molar-refractivity contribution in [3.8, 4) is 0 Å². The Morgan fingerprint density at radius 2 is 2.15 bits per heavy atom. The Kier molecular flexibility index (Phi) is 5.15. The molecule has 0 amide bonds. The highest BCUT2D eigenvalue weighted by atomic mass is 32.1. The molecule has 0 spiro atoms. The first-order valence-corrected chi connectivity index (χ1v) is 7.82. The quantitative estimate of drug-likeness (QED) is 0.822. The smallest absolute Gasteiger partial charge is 0.307 e. The number of fused-ring (bicyclic) bond motifs is 1. The van der Waals surface area contributed by atoms with Crippen molar-refractivity contribution in [2.24, 2.45) is 0 Å². The first-order chi connectivity index (χ1) is 9.63. The van der Waals surface area contributed by atoms with E-state index in [2.05, 4.69) is 43.4 Å². The molecule has 4 heteroatoms. The van der Waals surface area contributed by atoms with Crippen molar-refractivity contribution in [2.75, 3.05) is 13.2 Å². The van der Waals surface area contributed by atoms with Gasteiger partial charge in [-0.1, -0.05) is 18.2 Å². The van der Waals surface area contributed by atoms with Gasteiger partial charge in [-0.05, 0) is 37.8 Å². The van der Waals surface area contributed by atoms with Crippen molar-refractivity contribution in [3.63, 3.8) is 0 Å². The number of carbonyl (C=O) groups is 1. The third-order valence-corrected chi connectivity index (χ3v) is 4.81. The third kappa shape index (κ3) is 3.38. The summed E-state index contributed by atoms with van der Waals surface area (Å²) >= 11 is 1.82. The van der Waals surface area contributed by atoms with Gasteiger partial charge in [0.25, 0.3) is 0 Å². The number of aryl methyl sites for hydroxylation is 1. The molecular weight excluding hydrogens is 270 g/mol. The average molecular weight is 291 g/mol. The van der Waals surface area contributed by atoms with Gasteiger partial charge in [0.05, 0.1) is 13.0 Å². The number of nitrogens with one attached hydrogen (secondary N) is 1. The second-order valence-corrected chi connectivity index (χ2v) is 5.90. The number of rotatable bonds is 6. The highest BCUT2D eigenvalue weighted by Gasteiger charge is 2.14. The number of thiophene rings is 1. The molecule has 0 aliphatic rings. The van der Waals surface area contributed by atoms with Gasteiger partial charge in [0.2, 0.25) is 0 Å². The molecule has 1 aromatic carbocycles. The van der Waals surface area contributed by atoms with Crippen LogP contribution in [0.2, 0.25) is 0 Å². The van der Waals surface area contributed by atoms with Crippen molar-refractivity contribution in [2.45, 2.75) is 33.2 Å². The second kappa shape index (κ2) is 6.86. The normalized spacial score (nSPS) is 12.6. The van der Waals surface area contributed by atoms with Crippen molar-refractivity contribution < 1.29 is 9.53 Å². The van der Waals surface area contributed by atoms with Crippen molar-refractivity contribution in [3.05, 3.63) is 34.7 Å².